The third-order valence-corrected chi connectivity index (χ3v) is 4.74. The minimum Gasteiger partial charge on any atom is -0.481 e. The van der Waals surface area contributed by atoms with Gasteiger partial charge in [-0.3, -0.25) is 19.3 Å². The van der Waals surface area contributed by atoms with Crippen LogP contribution in [0.1, 0.15) is 5.56 Å². The quantitative estimate of drug-likeness (QED) is 0.487. The number of ether oxygens (including phenoxy) is 3. The fourth-order valence-corrected chi connectivity index (χ4v) is 3.25. The van der Waals surface area contributed by atoms with Gasteiger partial charge in [0, 0.05) is 0 Å². The summed E-state index contributed by atoms with van der Waals surface area (Å²) in [7, 11) is 2.44. The summed E-state index contributed by atoms with van der Waals surface area (Å²) in [5.74, 6) is -1.33. The van der Waals surface area contributed by atoms with E-state index in [0.29, 0.717) is 15.8 Å². The van der Waals surface area contributed by atoms with Gasteiger partial charge in [-0.1, -0.05) is 6.07 Å². The molecule has 1 aliphatic heterocycles. The number of esters is 2. The molecule has 8 nitrogen and oxygen atoms in total. The van der Waals surface area contributed by atoms with Crippen molar-refractivity contribution in [1.29, 1.82) is 0 Å². The Morgan fingerprint density at radius 3 is 2.50 bits per heavy atom. The molecule has 0 spiro atoms. The van der Waals surface area contributed by atoms with Crippen LogP contribution in [-0.2, 0) is 23.9 Å². The van der Waals surface area contributed by atoms with Crippen LogP contribution in [0.2, 0.25) is 0 Å². The summed E-state index contributed by atoms with van der Waals surface area (Å²) in [6.45, 7) is -0.663. The summed E-state index contributed by atoms with van der Waals surface area (Å²) in [6, 6.07) is 4.93. The molecule has 138 valence electrons. The van der Waals surface area contributed by atoms with Gasteiger partial charge in [0.25, 0.3) is 11.1 Å². The summed E-state index contributed by atoms with van der Waals surface area (Å²) in [5.41, 5.74) is 0.630. The molecular weight excluding hydrogens is 430 g/mol. The smallest absolute Gasteiger partial charge is 0.343 e. The van der Waals surface area contributed by atoms with Crippen molar-refractivity contribution in [3.8, 4) is 5.75 Å². The minimum atomic E-state index is -0.677. The van der Waals surface area contributed by atoms with E-state index in [1.807, 2.05) is 0 Å². The molecule has 2 rings (SSSR count). The summed E-state index contributed by atoms with van der Waals surface area (Å²) < 4.78 is 14.8. The number of methoxy groups -OCH3 is 2. The Labute approximate surface area is 161 Å². The van der Waals surface area contributed by atoms with E-state index in [-0.39, 0.29) is 11.5 Å². The maximum Gasteiger partial charge on any atom is 0.343 e. The lowest BCUT2D eigenvalue weighted by atomic mass is 10.2. The lowest BCUT2D eigenvalue weighted by Gasteiger charge is -2.10. The minimum absolute atomic E-state index is 0.189. The first-order valence-electron chi connectivity index (χ1n) is 7.17. The number of rotatable bonds is 6. The molecule has 0 saturated carbocycles. The predicted molar refractivity (Wildman–Crippen MR) is 96.3 cm³/mol. The largest absolute Gasteiger partial charge is 0.481 e. The van der Waals surface area contributed by atoms with Crippen LogP contribution < -0.4 is 4.74 Å². The van der Waals surface area contributed by atoms with Crippen molar-refractivity contribution in [3.05, 3.63) is 33.1 Å². The number of benzene rings is 1. The zero-order valence-corrected chi connectivity index (χ0v) is 16.2. The molecule has 0 radical (unpaired) electrons. The molecule has 1 saturated heterocycles. The fraction of sp³-hybridized carbons (Fsp3) is 0.250. The predicted octanol–water partition coefficient (Wildman–Crippen LogP) is 2.21. The highest BCUT2D eigenvalue weighted by Crippen LogP contribution is 2.33. The van der Waals surface area contributed by atoms with E-state index >= 15 is 0 Å². The van der Waals surface area contributed by atoms with E-state index in [2.05, 4.69) is 25.4 Å². The first-order chi connectivity index (χ1) is 12.3. The Kier molecular flexibility index (Phi) is 6.81. The number of halogens is 1. The summed E-state index contributed by atoms with van der Waals surface area (Å²) in [4.78, 5) is 47.5. The third kappa shape index (κ3) is 4.85. The zero-order valence-electron chi connectivity index (χ0n) is 13.8. The number of hydrogen-bond acceptors (Lipinski definition) is 8. The molecule has 0 bridgehead atoms. The molecule has 1 aromatic carbocycles. The third-order valence-electron chi connectivity index (χ3n) is 3.22. The van der Waals surface area contributed by atoms with Crippen LogP contribution >= 0.6 is 27.7 Å². The van der Waals surface area contributed by atoms with Gasteiger partial charge in [-0.15, -0.1) is 0 Å². The van der Waals surface area contributed by atoms with Crippen LogP contribution in [0.25, 0.3) is 6.08 Å². The van der Waals surface area contributed by atoms with E-state index in [1.54, 1.807) is 18.2 Å². The number of nitrogens with zero attached hydrogens (tertiary/aromatic N) is 1. The Morgan fingerprint density at radius 2 is 1.88 bits per heavy atom. The first kappa shape index (κ1) is 20.0. The molecule has 1 aromatic rings. The summed E-state index contributed by atoms with van der Waals surface area (Å²) in [6.07, 6.45) is 1.52. The van der Waals surface area contributed by atoms with E-state index in [0.717, 1.165) is 16.7 Å². The van der Waals surface area contributed by atoms with Crippen LogP contribution in [0.4, 0.5) is 4.79 Å². The zero-order chi connectivity index (χ0) is 19.3. The van der Waals surface area contributed by atoms with Gasteiger partial charge in [-0.25, -0.2) is 4.79 Å². The second-order valence-corrected chi connectivity index (χ2v) is 6.75. The average molecular weight is 444 g/mol. The van der Waals surface area contributed by atoms with Crippen LogP contribution in [0, 0.1) is 0 Å². The maximum atomic E-state index is 12.3. The SMILES string of the molecule is COC(=O)COc1ccc(/C=C2\SC(=O)N(CC(=O)OC)C2=O)cc1Br. The highest BCUT2D eigenvalue weighted by atomic mass is 79.9. The van der Waals surface area contributed by atoms with Crippen LogP contribution in [0.3, 0.4) is 0 Å². The van der Waals surface area contributed by atoms with Gasteiger partial charge in [-0.05, 0) is 51.5 Å². The molecule has 1 aliphatic rings. The van der Waals surface area contributed by atoms with Crippen LogP contribution in [-0.4, -0.2) is 55.4 Å². The molecule has 0 aliphatic carbocycles. The number of amides is 2. The summed E-state index contributed by atoms with van der Waals surface area (Å²) in [5, 5.41) is -0.538. The molecule has 1 heterocycles. The van der Waals surface area contributed by atoms with Crippen molar-refractivity contribution in [1.82, 2.24) is 4.90 Å². The van der Waals surface area contributed by atoms with Gasteiger partial charge in [-0.2, -0.15) is 0 Å². The van der Waals surface area contributed by atoms with Gasteiger partial charge >= 0.3 is 11.9 Å². The monoisotopic (exact) mass is 443 g/mol. The van der Waals surface area contributed by atoms with Crippen molar-refractivity contribution in [2.45, 2.75) is 0 Å². The molecule has 2 amide bonds. The number of thioether (sulfide) groups is 1. The second kappa shape index (κ2) is 8.86. The van der Waals surface area contributed by atoms with Gasteiger partial charge < -0.3 is 14.2 Å². The summed E-state index contributed by atoms with van der Waals surface area (Å²) >= 11 is 4.05. The van der Waals surface area contributed by atoms with Gasteiger partial charge in [0.1, 0.15) is 12.3 Å². The normalized spacial score (nSPS) is 15.3. The van der Waals surface area contributed by atoms with Gasteiger partial charge in [0.15, 0.2) is 6.61 Å². The van der Waals surface area contributed by atoms with Crippen molar-refractivity contribution in [2.24, 2.45) is 0 Å². The molecule has 10 heteroatoms. The first-order valence-corrected chi connectivity index (χ1v) is 8.78. The topological polar surface area (TPSA) is 99.2 Å². The Morgan fingerprint density at radius 1 is 1.19 bits per heavy atom. The lowest BCUT2D eigenvalue weighted by molar-refractivity contribution is -0.143. The van der Waals surface area contributed by atoms with Gasteiger partial charge in [0.05, 0.1) is 23.6 Å². The highest BCUT2D eigenvalue weighted by molar-refractivity contribution is 9.10. The Hall–Kier alpha value is -2.33. The van der Waals surface area contributed by atoms with Crippen molar-refractivity contribution in [3.63, 3.8) is 0 Å². The standard InChI is InChI=1S/C16H14BrNO7S/c1-23-13(19)7-18-15(21)12(26-16(18)22)6-9-3-4-11(10(17)5-9)25-8-14(20)24-2/h3-6H,7-8H2,1-2H3/b12-6-. The lowest BCUT2D eigenvalue weighted by Crippen LogP contribution is -2.34. The number of carbonyl (C=O) groups excluding carboxylic acids is 4. The highest BCUT2D eigenvalue weighted by Gasteiger charge is 2.36. The molecule has 1 fully saturated rings. The molecular formula is C16H14BrNO7S. The number of imide groups is 1. The Bertz CT molecular complexity index is 793. The molecule has 0 atom stereocenters. The molecule has 0 N–H and O–H groups in total. The van der Waals surface area contributed by atoms with Crippen LogP contribution in [0.5, 0.6) is 5.75 Å². The van der Waals surface area contributed by atoms with E-state index in [4.69, 9.17) is 4.74 Å². The van der Waals surface area contributed by atoms with Crippen molar-refractivity contribution in [2.75, 3.05) is 27.4 Å². The van der Waals surface area contributed by atoms with Crippen LogP contribution in [0.15, 0.2) is 27.6 Å². The number of carbonyl (C=O) groups is 4. The number of hydrogen-bond donors (Lipinski definition) is 0. The molecule has 26 heavy (non-hydrogen) atoms. The van der Waals surface area contributed by atoms with Gasteiger partial charge in [0.2, 0.25) is 0 Å². The fourth-order valence-electron chi connectivity index (χ4n) is 1.90. The second-order valence-electron chi connectivity index (χ2n) is 4.90. The van der Waals surface area contributed by atoms with E-state index in [1.165, 1.54) is 20.3 Å². The average Bonchev–Trinajstić information content (AvgIpc) is 2.87. The maximum absolute atomic E-state index is 12.3. The molecule has 0 unspecified atom stereocenters. The van der Waals surface area contributed by atoms with Crippen molar-refractivity contribution >= 4 is 56.9 Å². The van der Waals surface area contributed by atoms with E-state index in [9.17, 15) is 19.2 Å². The Balaban J connectivity index is 2.13. The van der Waals surface area contributed by atoms with E-state index < -0.39 is 29.6 Å². The molecule has 0 aromatic heterocycles. The van der Waals surface area contributed by atoms with Crippen molar-refractivity contribution < 1.29 is 33.4 Å².